The predicted molar refractivity (Wildman–Crippen MR) is 125 cm³/mol. The lowest BCUT2D eigenvalue weighted by atomic mass is 10.2. The van der Waals surface area contributed by atoms with Gasteiger partial charge in [-0.05, 0) is 50.2 Å². The first-order valence-electron chi connectivity index (χ1n) is 9.63. The molecule has 0 saturated carbocycles. The zero-order chi connectivity index (χ0) is 18.5. The first-order valence-corrected chi connectivity index (χ1v) is 10.5. The number of guanidine groups is 1. The molecule has 8 heteroatoms. The van der Waals surface area contributed by atoms with Crippen molar-refractivity contribution in [3.8, 4) is 0 Å². The number of nitrogens with zero attached hydrogens (tertiary/aromatic N) is 2. The van der Waals surface area contributed by atoms with Crippen molar-refractivity contribution in [2.24, 2.45) is 4.99 Å². The van der Waals surface area contributed by atoms with Gasteiger partial charge in [0.15, 0.2) is 5.96 Å². The van der Waals surface area contributed by atoms with Crippen LogP contribution in [0.2, 0.25) is 0 Å². The topological polar surface area (TPSA) is 58.1 Å². The maximum Gasteiger partial charge on any atom is 0.191 e. The Morgan fingerprint density at radius 3 is 2.70 bits per heavy atom. The summed E-state index contributed by atoms with van der Waals surface area (Å²) < 4.78 is 10.4. The summed E-state index contributed by atoms with van der Waals surface area (Å²) in [5.41, 5.74) is 0. The second-order valence-electron chi connectivity index (χ2n) is 6.47. The summed E-state index contributed by atoms with van der Waals surface area (Å²) in [6.07, 6.45) is 4.72. The predicted octanol–water partition coefficient (Wildman–Crippen LogP) is 3.11. The Balaban J connectivity index is 0.00000364. The summed E-state index contributed by atoms with van der Waals surface area (Å²) in [5.74, 6) is 0.881. The molecule has 27 heavy (non-hydrogen) atoms. The molecule has 0 aromatic carbocycles. The molecule has 0 amide bonds. The number of nitrogens with one attached hydrogen (secondary N) is 2. The fourth-order valence-corrected chi connectivity index (χ4v) is 4.00. The van der Waals surface area contributed by atoms with E-state index in [1.807, 2.05) is 18.4 Å². The Hall–Kier alpha value is -0.420. The second-order valence-corrected chi connectivity index (χ2v) is 7.45. The molecular formula is C19H35IN4O2S. The van der Waals surface area contributed by atoms with Gasteiger partial charge < -0.3 is 20.1 Å². The Morgan fingerprint density at radius 1 is 1.22 bits per heavy atom. The number of methoxy groups -OCH3 is 1. The number of halogens is 1. The van der Waals surface area contributed by atoms with Gasteiger partial charge in [-0.15, -0.1) is 35.3 Å². The molecule has 1 aromatic heterocycles. The minimum Gasteiger partial charge on any atom is -0.382 e. The summed E-state index contributed by atoms with van der Waals surface area (Å²) >= 11 is 1.84. The molecule has 2 N–H and O–H groups in total. The molecule has 0 spiro atoms. The molecule has 2 rings (SSSR count). The van der Waals surface area contributed by atoms with Gasteiger partial charge in [0.2, 0.25) is 0 Å². The first-order chi connectivity index (χ1) is 12.8. The van der Waals surface area contributed by atoms with E-state index < -0.39 is 0 Å². The highest BCUT2D eigenvalue weighted by molar-refractivity contribution is 14.0. The summed E-state index contributed by atoms with van der Waals surface area (Å²) in [6.45, 7) is 6.30. The van der Waals surface area contributed by atoms with E-state index >= 15 is 0 Å². The molecule has 0 bridgehead atoms. The van der Waals surface area contributed by atoms with Crippen LogP contribution < -0.4 is 10.6 Å². The van der Waals surface area contributed by atoms with Gasteiger partial charge in [0.05, 0.1) is 19.3 Å². The molecule has 0 aliphatic carbocycles. The van der Waals surface area contributed by atoms with Crippen molar-refractivity contribution < 1.29 is 9.47 Å². The van der Waals surface area contributed by atoms with E-state index in [9.17, 15) is 0 Å². The number of thiophene rings is 1. The van der Waals surface area contributed by atoms with Gasteiger partial charge in [-0.2, -0.15) is 0 Å². The molecule has 6 nitrogen and oxygen atoms in total. The summed E-state index contributed by atoms with van der Waals surface area (Å²) in [7, 11) is 3.53. The van der Waals surface area contributed by atoms with Crippen LogP contribution >= 0.6 is 35.3 Å². The Labute approximate surface area is 185 Å². The highest BCUT2D eigenvalue weighted by Crippen LogP contribution is 2.27. The van der Waals surface area contributed by atoms with Crippen molar-refractivity contribution in [3.63, 3.8) is 0 Å². The Bertz CT molecular complexity index is 496. The van der Waals surface area contributed by atoms with Crippen LogP contribution in [0.1, 0.15) is 36.6 Å². The minimum atomic E-state index is 0. The lowest BCUT2D eigenvalue weighted by molar-refractivity contribution is 0.0689. The maximum atomic E-state index is 5.48. The number of unbranched alkanes of at least 4 members (excludes halogenated alkanes) is 1. The Morgan fingerprint density at radius 2 is 2.04 bits per heavy atom. The number of ether oxygens (including phenoxy) is 2. The van der Waals surface area contributed by atoms with Gasteiger partial charge >= 0.3 is 0 Å². The van der Waals surface area contributed by atoms with Crippen molar-refractivity contribution in [2.75, 3.05) is 60.2 Å². The van der Waals surface area contributed by atoms with Gasteiger partial charge in [-0.25, -0.2) is 0 Å². The van der Waals surface area contributed by atoms with E-state index in [1.54, 1.807) is 7.11 Å². The molecule has 1 atom stereocenters. The number of likely N-dealkylation sites (tertiary alicyclic amines) is 1. The van der Waals surface area contributed by atoms with E-state index in [0.717, 1.165) is 38.5 Å². The summed E-state index contributed by atoms with van der Waals surface area (Å²) in [6, 6.07) is 4.82. The fraction of sp³-hybridized carbons (Fsp3) is 0.737. The SMILES string of the molecule is CN=C(NCCCCOCCOC)NCC(c1cccs1)N1CCCC1.I. The lowest BCUT2D eigenvalue weighted by Crippen LogP contribution is -2.42. The maximum absolute atomic E-state index is 5.48. The molecule has 1 fully saturated rings. The highest BCUT2D eigenvalue weighted by atomic mass is 127. The molecule has 1 aliphatic heterocycles. The zero-order valence-electron chi connectivity index (χ0n) is 16.6. The van der Waals surface area contributed by atoms with Crippen LogP contribution in [0.25, 0.3) is 0 Å². The molecule has 156 valence electrons. The second kappa shape index (κ2) is 15.5. The third-order valence-electron chi connectivity index (χ3n) is 4.58. The third kappa shape index (κ3) is 9.56. The fourth-order valence-electron chi connectivity index (χ4n) is 3.14. The van der Waals surface area contributed by atoms with Gasteiger partial charge in [0, 0.05) is 38.7 Å². The molecule has 1 unspecified atom stereocenters. The number of aliphatic imine (C=N–C) groups is 1. The van der Waals surface area contributed by atoms with Gasteiger partial charge in [0.1, 0.15) is 0 Å². The van der Waals surface area contributed by atoms with Crippen LogP contribution in [0.4, 0.5) is 0 Å². The van der Waals surface area contributed by atoms with Gasteiger partial charge in [-0.3, -0.25) is 9.89 Å². The van der Waals surface area contributed by atoms with Gasteiger partial charge in [-0.1, -0.05) is 6.07 Å². The van der Waals surface area contributed by atoms with E-state index in [0.29, 0.717) is 19.3 Å². The monoisotopic (exact) mass is 510 g/mol. The van der Waals surface area contributed by atoms with Crippen LogP contribution in [-0.2, 0) is 9.47 Å². The number of rotatable bonds is 12. The molecule has 1 aliphatic rings. The average Bonchev–Trinajstić information content (AvgIpc) is 3.37. The number of hydrogen-bond donors (Lipinski definition) is 2. The normalized spacial score (nSPS) is 16.1. The molecular weight excluding hydrogens is 475 g/mol. The quantitative estimate of drug-likeness (QED) is 0.196. The van der Waals surface area contributed by atoms with Crippen LogP contribution in [0, 0.1) is 0 Å². The van der Waals surface area contributed by atoms with Crippen LogP contribution in [0.5, 0.6) is 0 Å². The molecule has 2 heterocycles. The molecule has 1 aromatic rings. The highest BCUT2D eigenvalue weighted by Gasteiger charge is 2.24. The van der Waals surface area contributed by atoms with Crippen molar-refractivity contribution in [1.82, 2.24) is 15.5 Å². The third-order valence-corrected chi connectivity index (χ3v) is 5.55. The number of hydrogen-bond acceptors (Lipinski definition) is 5. The molecule has 0 radical (unpaired) electrons. The van der Waals surface area contributed by atoms with Crippen LogP contribution in [-0.4, -0.2) is 71.0 Å². The average molecular weight is 510 g/mol. The van der Waals surface area contributed by atoms with E-state index in [2.05, 4.69) is 38.0 Å². The van der Waals surface area contributed by atoms with Crippen LogP contribution in [0.15, 0.2) is 22.5 Å². The Kier molecular flexibility index (Phi) is 14.1. The zero-order valence-corrected chi connectivity index (χ0v) is 19.8. The van der Waals surface area contributed by atoms with Gasteiger partial charge in [0.25, 0.3) is 0 Å². The largest absolute Gasteiger partial charge is 0.382 e. The van der Waals surface area contributed by atoms with E-state index in [1.165, 1.54) is 30.8 Å². The molecule has 1 saturated heterocycles. The van der Waals surface area contributed by atoms with Crippen molar-refractivity contribution >= 4 is 41.3 Å². The van der Waals surface area contributed by atoms with Crippen molar-refractivity contribution in [3.05, 3.63) is 22.4 Å². The van der Waals surface area contributed by atoms with Crippen molar-refractivity contribution in [2.45, 2.75) is 31.7 Å². The first kappa shape index (κ1) is 24.6. The minimum absolute atomic E-state index is 0. The van der Waals surface area contributed by atoms with E-state index in [-0.39, 0.29) is 24.0 Å². The summed E-state index contributed by atoms with van der Waals surface area (Å²) in [5, 5.41) is 9.08. The standard InChI is InChI=1S/C19H34N4O2S.HI/c1-20-19(21-9-3-6-12-25-14-13-24-2)22-16-17(18-8-7-15-26-18)23-10-4-5-11-23;/h7-8,15,17H,3-6,9-14,16H2,1-2H3,(H2,20,21,22);1H. The van der Waals surface area contributed by atoms with E-state index in [4.69, 9.17) is 9.47 Å². The lowest BCUT2D eigenvalue weighted by Gasteiger charge is -2.27. The smallest absolute Gasteiger partial charge is 0.191 e. The van der Waals surface area contributed by atoms with Crippen molar-refractivity contribution in [1.29, 1.82) is 0 Å². The summed E-state index contributed by atoms with van der Waals surface area (Å²) in [4.78, 5) is 8.38. The van der Waals surface area contributed by atoms with Crippen LogP contribution in [0.3, 0.4) is 0 Å².